The van der Waals surface area contributed by atoms with Crippen LogP contribution in [0.2, 0.25) is 0 Å². The van der Waals surface area contributed by atoms with Crippen LogP contribution >= 0.6 is 0 Å². The van der Waals surface area contributed by atoms with Crippen LogP contribution in [0.15, 0.2) is 18.5 Å². The lowest BCUT2D eigenvalue weighted by molar-refractivity contribution is -0.137. The topological polar surface area (TPSA) is 82.5 Å². The molecule has 0 atom stereocenters. The van der Waals surface area contributed by atoms with Crippen molar-refractivity contribution in [1.82, 2.24) is 15.2 Å². The number of aliphatic carboxylic acids is 1. The van der Waals surface area contributed by atoms with E-state index in [1.54, 1.807) is 12.4 Å². The predicted molar refractivity (Wildman–Crippen MR) is 70.7 cm³/mol. The highest BCUT2D eigenvalue weighted by Gasteiger charge is 2.15. The Morgan fingerprint density at radius 2 is 2.21 bits per heavy atom. The molecule has 2 N–H and O–H groups in total. The molecule has 0 radical (unpaired) electrons. The van der Waals surface area contributed by atoms with Crippen LogP contribution < -0.4 is 5.32 Å². The van der Waals surface area contributed by atoms with E-state index in [0.29, 0.717) is 19.5 Å². The number of nitrogens with zero attached hydrogens (tertiary/aromatic N) is 2. The van der Waals surface area contributed by atoms with E-state index < -0.39 is 5.97 Å². The summed E-state index contributed by atoms with van der Waals surface area (Å²) in [6.45, 7) is 4.31. The third-order valence-electron chi connectivity index (χ3n) is 2.68. The predicted octanol–water partition coefficient (Wildman–Crippen LogP) is 1.40. The van der Waals surface area contributed by atoms with Crippen molar-refractivity contribution in [3.05, 3.63) is 29.6 Å². The fraction of sp³-hybridized carbons (Fsp3) is 0.462. The number of carbonyl (C=O) groups is 2. The first-order valence-electron chi connectivity index (χ1n) is 6.18. The maximum absolute atomic E-state index is 11.9. The Morgan fingerprint density at radius 1 is 1.47 bits per heavy atom. The summed E-state index contributed by atoms with van der Waals surface area (Å²) in [5, 5.41) is 11.5. The molecule has 0 fully saturated rings. The van der Waals surface area contributed by atoms with E-state index in [0.717, 1.165) is 11.1 Å². The number of urea groups is 1. The first kappa shape index (κ1) is 14.9. The summed E-state index contributed by atoms with van der Waals surface area (Å²) < 4.78 is 0. The third kappa shape index (κ3) is 4.95. The molecule has 0 saturated heterocycles. The van der Waals surface area contributed by atoms with Gasteiger partial charge in [0.1, 0.15) is 6.54 Å². The molecule has 1 heterocycles. The second-order valence-electron chi connectivity index (χ2n) is 4.28. The summed E-state index contributed by atoms with van der Waals surface area (Å²) in [5.41, 5.74) is 1.96. The number of amides is 2. The minimum atomic E-state index is -1.01. The molecule has 0 aliphatic heterocycles. The molecule has 1 rings (SSSR count). The molecule has 0 spiro atoms. The Bertz CT molecular complexity index is 449. The minimum absolute atomic E-state index is 0.286. The lowest BCUT2D eigenvalue weighted by Gasteiger charge is -2.20. The van der Waals surface area contributed by atoms with E-state index in [1.807, 2.05) is 19.9 Å². The largest absolute Gasteiger partial charge is 0.480 e. The van der Waals surface area contributed by atoms with Crippen molar-refractivity contribution in [2.24, 2.45) is 0 Å². The molecule has 1 aromatic heterocycles. The molecule has 0 aliphatic rings. The van der Waals surface area contributed by atoms with Gasteiger partial charge in [-0.05, 0) is 30.5 Å². The quantitative estimate of drug-likeness (QED) is 0.814. The van der Waals surface area contributed by atoms with E-state index >= 15 is 0 Å². The summed E-state index contributed by atoms with van der Waals surface area (Å²) in [6.07, 6.45) is 4.10. The van der Waals surface area contributed by atoms with Crippen LogP contribution in [0.3, 0.4) is 0 Å². The molecular weight excluding hydrogens is 246 g/mol. The van der Waals surface area contributed by atoms with Crippen LogP contribution in [0.4, 0.5) is 4.79 Å². The first-order valence-corrected chi connectivity index (χ1v) is 6.18. The van der Waals surface area contributed by atoms with Crippen molar-refractivity contribution in [2.75, 3.05) is 13.1 Å². The van der Waals surface area contributed by atoms with Gasteiger partial charge in [-0.3, -0.25) is 9.78 Å². The molecule has 2 amide bonds. The third-order valence-corrected chi connectivity index (χ3v) is 2.68. The zero-order valence-corrected chi connectivity index (χ0v) is 11.2. The second-order valence-corrected chi connectivity index (χ2v) is 4.28. The molecule has 0 saturated carbocycles. The summed E-state index contributed by atoms with van der Waals surface area (Å²) in [5.74, 6) is -1.01. The second kappa shape index (κ2) is 7.35. The Morgan fingerprint density at radius 3 is 2.79 bits per heavy atom. The van der Waals surface area contributed by atoms with Crippen molar-refractivity contribution >= 4 is 12.0 Å². The van der Waals surface area contributed by atoms with E-state index in [9.17, 15) is 9.59 Å². The first-order chi connectivity index (χ1) is 9.04. The zero-order valence-electron chi connectivity index (χ0n) is 11.2. The van der Waals surface area contributed by atoms with Gasteiger partial charge in [0.05, 0.1) is 0 Å². The molecule has 6 heteroatoms. The summed E-state index contributed by atoms with van der Waals surface area (Å²) in [4.78, 5) is 27.8. The van der Waals surface area contributed by atoms with Crippen molar-refractivity contribution in [1.29, 1.82) is 0 Å². The van der Waals surface area contributed by atoms with Gasteiger partial charge >= 0.3 is 12.0 Å². The number of aryl methyl sites for hydroxylation is 1. The minimum Gasteiger partial charge on any atom is -0.480 e. The van der Waals surface area contributed by atoms with Crippen LogP contribution in [0.25, 0.3) is 0 Å². The number of hydrogen-bond donors (Lipinski definition) is 2. The number of pyridine rings is 1. The van der Waals surface area contributed by atoms with E-state index in [2.05, 4.69) is 10.3 Å². The van der Waals surface area contributed by atoms with Crippen LogP contribution in [0.5, 0.6) is 0 Å². The van der Waals surface area contributed by atoms with E-state index in [-0.39, 0.29) is 12.6 Å². The summed E-state index contributed by atoms with van der Waals surface area (Å²) in [7, 11) is 0. The van der Waals surface area contributed by atoms with Gasteiger partial charge in [0.25, 0.3) is 0 Å². The van der Waals surface area contributed by atoms with Gasteiger partial charge in [0, 0.05) is 25.5 Å². The fourth-order valence-corrected chi connectivity index (χ4v) is 1.65. The van der Waals surface area contributed by atoms with Gasteiger partial charge in [0.15, 0.2) is 0 Å². The molecule has 19 heavy (non-hydrogen) atoms. The molecule has 0 unspecified atom stereocenters. The number of aromatic nitrogens is 1. The van der Waals surface area contributed by atoms with Crippen LogP contribution in [-0.2, 0) is 11.3 Å². The van der Waals surface area contributed by atoms with Crippen LogP contribution in [0, 0.1) is 6.92 Å². The van der Waals surface area contributed by atoms with Crippen molar-refractivity contribution in [3.63, 3.8) is 0 Å². The summed E-state index contributed by atoms with van der Waals surface area (Å²) in [6, 6.07) is 1.50. The average molecular weight is 265 g/mol. The zero-order chi connectivity index (χ0) is 14.3. The van der Waals surface area contributed by atoms with Crippen molar-refractivity contribution in [3.8, 4) is 0 Å². The van der Waals surface area contributed by atoms with Crippen molar-refractivity contribution in [2.45, 2.75) is 26.8 Å². The standard InChI is InChI=1S/C13H19N3O3/c1-3-6-16(9-12(17)18)13(19)15-8-11-7-14-5-4-10(11)2/h4-5,7H,3,6,8-9H2,1-2H3,(H,15,19)(H,17,18). The number of rotatable bonds is 6. The Kier molecular flexibility index (Phi) is 5.78. The Labute approximate surface area is 112 Å². The number of carboxylic acid groups (broad SMARTS) is 1. The summed E-state index contributed by atoms with van der Waals surface area (Å²) >= 11 is 0. The molecular formula is C13H19N3O3. The number of nitrogens with one attached hydrogen (secondary N) is 1. The number of carboxylic acids is 1. The molecule has 104 valence electrons. The van der Waals surface area contributed by atoms with Gasteiger partial charge in [-0.25, -0.2) is 4.79 Å². The van der Waals surface area contributed by atoms with Gasteiger partial charge in [-0.15, -0.1) is 0 Å². The van der Waals surface area contributed by atoms with Crippen LogP contribution in [0.1, 0.15) is 24.5 Å². The highest BCUT2D eigenvalue weighted by molar-refractivity contribution is 5.80. The Hall–Kier alpha value is -2.11. The average Bonchev–Trinajstić information content (AvgIpc) is 2.36. The van der Waals surface area contributed by atoms with Gasteiger partial charge in [0.2, 0.25) is 0 Å². The number of hydrogen-bond acceptors (Lipinski definition) is 3. The molecule has 1 aromatic rings. The highest BCUT2D eigenvalue weighted by atomic mass is 16.4. The molecule has 0 bridgehead atoms. The Balaban J connectivity index is 2.57. The number of carbonyl (C=O) groups excluding carboxylic acids is 1. The van der Waals surface area contributed by atoms with Gasteiger partial charge in [-0.2, -0.15) is 0 Å². The maximum atomic E-state index is 11.9. The van der Waals surface area contributed by atoms with Gasteiger partial charge in [-0.1, -0.05) is 6.92 Å². The fourth-order valence-electron chi connectivity index (χ4n) is 1.65. The molecule has 6 nitrogen and oxygen atoms in total. The SMILES string of the molecule is CCCN(CC(=O)O)C(=O)NCc1cnccc1C. The maximum Gasteiger partial charge on any atom is 0.323 e. The normalized spacial score (nSPS) is 10.0. The van der Waals surface area contributed by atoms with E-state index in [1.165, 1.54) is 4.90 Å². The molecule has 0 aromatic carbocycles. The molecule has 0 aliphatic carbocycles. The monoisotopic (exact) mass is 265 g/mol. The lowest BCUT2D eigenvalue weighted by atomic mass is 10.2. The highest BCUT2D eigenvalue weighted by Crippen LogP contribution is 2.04. The lowest BCUT2D eigenvalue weighted by Crippen LogP contribution is -2.42. The smallest absolute Gasteiger partial charge is 0.323 e. The van der Waals surface area contributed by atoms with Crippen molar-refractivity contribution < 1.29 is 14.7 Å². The van der Waals surface area contributed by atoms with Gasteiger partial charge < -0.3 is 15.3 Å². The van der Waals surface area contributed by atoms with Crippen LogP contribution in [-0.4, -0.2) is 40.1 Å². The van der Waals surface area contributed by atoms with E-state index in [4.69, 9.17) is 5.11 Å².